The molecule has 0 aromatic heterocycles. The molecule has 4 heteroatoms. The highest BCUT2D eigenvalue weighted by Gasteiger charge is 2.56. The van der Waals surface area contributed by atoms with Crippen LogP contribution in [0.2, 0.25) is 19.6 Å². The van der Waals surface area contributed by atoms with Crippen molar-refractivity contribution in [2.75, 3.05) is 11.5 Å². The molecule has 98 valence electrons. The van der Waals surface area contributed by atoms with Crippen LogP contribution in [0.1, 0.15) is 19.8 Å². The van der Waals surface area contributed by atoms with Crippen molar-refractivity contribution < 1.29 is 4.43 Å². The van der Waals surface area contributed by atoms with Gasteiger partial charge in [-0.2, -0.15) is 0 Å². The molecule has 1 heterocycles. The van der Waals surface area contributed by atoms with E-state index in [9.17, 15) is 0 Å². The highest BCUT2D eigenvalue weighted by molar-refractivity contribution is 8.18. The van der Waals surface area contributed by atoms with Crippen molar-refractivity contribution in [3.05, 3.63) is 12.2 Å². The van der Waals surface area contributed by atoms with Gasteiger partial charge in [-0.25, -0.2) is 0 Å². The third-order valence-corrected chi connectivity index (χ3v) is 7.87. The lowest BCUT2D eigenvalue weighted by Crippen LogP contribution is -2.58. The predicted octanol–water partition coefficient (Wildman–Crippen LogP) is 4.37. The van der Waals surface area contributed by atoms with Gasteiger partial charge in [0.05, 0.1) is 10.2 Å². The first kappa shape index (κ1) is 14.0. The van der Waals surface area contributed by atoms with Gasteiger partial charge in [-0.1, -0.05) is 12.2 Å². The minimum Gasteiger partial charge on any atom is -0.414 e. The molecule has 0 radical (unpaired) electrons. The molecule has 1 nitrogen and oxygen atoms in total. The zero-order valence-electron chi connectivity index (χ0n) is 11.4. The van der Waals surface area contributed by atoms with Gasteiger partial charge < -0.3 is 4.43 Å². The van der Waals surface area contributed by atoms with E-state index in [2.05, 4.69) is 56.7 Å². The summed E-state index contributed by atoms with van der Waals surface area (Å²) >= 11 is 4.31. The van der Waals surface area contributed by atoms with Gasteiger partial charge in [0.15, 0.2) is 8.32 Å². The molecule has 17 heavy (non-hydrogen) atoms. The summed E-state index contributed by atoms with van der Waals surface area (Å²) in [6.07, 6.45) is 3.03. The van der Waals surface area contributed by atoms with E-state index in [0.717, 1.165) is 0 Å². The molecule has 2 rings (SSSR count). The summed E-state index contributed by atoms with van der Waals surface area (Å²) in [6, 6.07) is 0. The standard InChI is InChI=1S/C13H24OS2Si/c1-10(2)12-11(14-17(3,4)5)9-13(12)15-7-6-8-16-13/h11-12H,1,6-9H2,2-5H3/t11-,12-/m0/s1. The Labute approximate surface area is 115 Å². The van der Waals surface area contributed by atoms with Crippen LogP contribution >= 0.6 is 23.5 Å². The molecule has 2 fully saturated rings. The van der Waals surface area contributed by atoms with Crippen molar-refractivity contribution in [2.45, 2.75) is 49.6 Å². The van der Waals surface area contributed by atoms with E-state index >= 15 is 0 Å². The van der Waals surface area contributed by atoms with Crippen molar-refractivity contribution in [1.82, 2.24) is 0 Å². The molecule has 0 amide bonds. The Bertz CT molecular complexity index is 305. The summed E-state index contributed by atoms with van der Waals surface area (Å²) in [5.41, 5.74) is 1.32. The maximum atomic E-state index is 6.33. The molecule has 1 aliphatic carbocycles. The van der Waals surface area contributed by atoms with Gasteiger partial charge >= 0.3 is 0 Å². The molecular weight excluding hydrogens is 264 g/mol. The van der Waals surface area contributed by atoms with Crippen LogP contribution in [0.4, 0.5) is 0 Å². The minimum absolute atomic E-state index is 0.411. The summed E-state index contributed by atoms with van der Waals surface area (Å²) in [5, 5.41) is 0. The molecule has 0 N–H and O–H groups in total. The zero-order valence-corrected chi connectivity index (χ0v) is 14.0. The fourth-order valence-corrected chi connectivity index (χ4v) is 7.83. The van der Waals surface area contributed by atoms with Crippen LogP contribution in [-0.4, -0.2) is 30.0 Å². The van der Waals surface area contributed by atoms with Crippen LogP contribution in [0, 0.1) is 5.92 Å². The molecule has 0 aromatic rings. The highest BCUT2D eigenvalue weighted by Crippen LogP contribution is 2.61. The zero-order chi connectivity index (χ0) is 12.7. The normalized spacial score (nSPS) is 32.2. The van der Waals surface area contributed by atoms with E-state index in [1.807, 2.05) is 0 Å². The van der Waals surface area contributed by atoms with E-state index in [4.69, 9.17) is 4.43 Å². The Balaban J connectivity index is 2.06. The molecule has 2 atom stereocenters. The highest BCUT2D eigenvalue weighted by atomic mass is 32.2. The second-order valence-corrected chi connectivity index (χ2v) is 13.7. The van der Waals surface area contributed by atoms with Crippen molar-refractivity contribution in [2.24, 2.45) is 5.92 Å². The van der Waals surface area contributed by atoms with E-state index in [1.54, 1.807) is 0 Å². The SMILES string of the molecule is C=C(C)[C@H]1[C@@H](O[Si](C)(C)C)CC12SCCCS2. The van der Waals surface area contributed by atoms with Gasteiger partial charge in [0, 0.05) is 5.92 Å². The molecule has 1 saturated carbocycles. The summed E-state index contributed by atoms with van der Waals surface area (Å²) < 4.78 is 6.74. The van der Waals surface area contributed by atoms with E-state index in [-0.39, 0.29) is 0 Å². The van der Waals surface area contributed by atoms with Crippen molar-refractivity contribution in [1.29, 1.82) is 0 Å². The maximum Gasteiger partial charge on any atom is 0.184 e. The minimum atomic E-state index is -1.42. The Morgan fingerprint density at radius 3 is 2.35 bits per heavy atom. The van der Waals surface area contributed by atoms with Crippen LogP contribution in [0.3, 0.4) is 0 Å². The van der Waals surface area contributed by atoms with Crippen LogP contribution in [0.25, 0.3) is 0 Å². The van der Waals surface area contributed by atoms with Gasteiger partial charge in [0.25, 0.3) is 0 Å². The van der Waals surface area contributed by atoms with Crippen molar-refractivity contribution in [3.8, 4) is 0 Å². The largest absolute Gasteiger partial charge is 0.414 e. The number of hydrogen-bond acceptors (Lipinski definition) is 3. The Kier molecular flexibility index (Phi) is 4.09. The first-order chi connectivity index (χ1) is 7.84. The number of hydrogen-bond donors (Lipinski definition) is 0. The predicted molar refractivity (Wildman–Crippen MR) is 83.4 cm³/mol. The third kappa shape index (κ3) is 2.96. The molecule has 1 spiro atoms. The topological polar surface area (TPSA) is 9.23 Å². The lowest BCUT2D eigenvalue weighted by atomic mass is 9.76. The number of thioether (sulfide) groups is 2. The Morgan fingerprint density at radius 2 is 1.88 bits per heavy atom. The smallest absolute Gasteiger partial charge is 0.184 e. The van der Waals surface area contributed by atoms with Gasteiger partial charge in [0.1, 0.15) is 0 Å². The fourth-order valence-electron chi connectivity index (χ4n) is 2.79. The van der Waals surface area contributed by atoms with Gasteiger partial charge in [-0.3, -0.25) is 0 Å². The lowest BCUT2D eigenvalue weighted by Gasteiger charge is -2.57. The van der Waals surface area contributed by atoms with Crippen LogP contribution < -0.4 is 0 Å². The molecule has 0 unspecified atom stereocenters. The van der Waals surface area contributed by atoms with Crippen molar-refractivity contribution >= 4 is 31.8 Å². The van der Waals surface area contributed by atoms with Gasteiger partial charge in [0.2, 0.25) is 0 Å². The van der Waals surface area contributed by atoms with Gasteiger partial charge in [-0.15, -0.1) is 23.5 Å². The fraction of sp³-hybridized carbons (Fsp3) is 0.846. The van der Waals surface area contributed by atoms with Crippen LogP contribution in [0.15, 0.2) is 12.2 Å². The summed E-state index contributed by atoms with van der Waals surface area (Å²) in [4.78, 5) is 0. The first-order valence-corrected chi connectivity index (χ1v) is 11.8. The Morgan fingerprint density at radius 1 is 1.29 bits per heavy atom. The average molecular weight is 289 g/mol. The number of rotatable bonds is 3. The van der Waals surface area contributed by atoms with Crippen LogP contribution in [0.5, 0.6) is 0 Å². The molecule has 0 bridgehead atoms. The van der Waals surface area contributed by atoms with E-state index < -0.39 is 8.32 Å². The average Bonchev–Trinajstić information content (AvgIpc) is 2.14. The van der Waals surface area contributed by atoms with Gasteiger partial charge in [-0.05, 0) is 50.9 Å². The van der Waals surface area contributed by atoms with Crippen molar-refractivity contribution in [3.63, 3.8) is 0 Å². The quantitative estimate of drug-likeness (QED) is 0.564. The summed E-state index contributed by atoms with van der Waals surface area (Å²) in [5.74, 6) is 3.21. The Hall–Kier alpha value is 0.617. The summed E-state index contributed by atoms with van der Waals surface area (Å²) in [7, 11) is -1.42. The lowest BCUT2D eigenvalue weighted by molar-refractivity contribution is 0.0561. The maximum absolute atomic E-state index is 6.33. The van der Waals surface area contributed by atoms with Crippen LogP contribution in [-0.2, 0) is 4.43 Å². The second kappa shape index (κ2) is 4.95. The molecule has 0 aromatic carbocycles. The third-order valence-electron chi connectivity index (χ3n) is 3.35. The van der Waals surface area contributed by atoms with E-state index in [1.165, 1.54) is 29.9 Å². The summed E-state index contributed by atoms with van der Waals surface area (Å²) in [6.45, 7) is 13.3. The monoisotopic (exact) mass is 288 g/mol. The molecular formula is C13H24OS2Si. The molecule has 2 aliphatic rings. The second-order valence-electron chi connectivity index (χ2n) is 6.16. The first-order valence-electron chi connectivity index (χ1n) is 6.45. The molecule has 1 saturated heterocycles. The van der Waals surface area contributed by atoms with E-state index in [0.29, 0.717) is 16.1 Å². The molecule has 1 aliphatic heterocycles.